The lowest BCUT2D eigenvalue weighted by molar-refractivity contribution is 0.704. The quantitative estimate of drug-likeness (QED) is 0.194. The van der Waals surface area contributed by atoms with Crippen LogP contribution in [0.15, 0.2) is 140 Å². The van der Waals surface area contributed by atoms with Gasteiger partial charge in [0.2, 0.25) is 0 Å². The number of para-hydroxylation sites is 1. The zero-order valence-corrected chi connectivity index (χ0v) is 24.2. The first-order valence-corrected chi connectivity index (χ1v) is 15.4. The topological polar surface area (TPSA) is 22.8 Å². The van der Waals surface area contributed by atoms with Gasteiger partial charge in [0.15, 0.2) is 0 Å². The average Bonchev–Trinajstić information content (AvgIpc) is 3.52. The standard InChI is InChI=1S/C40H33N3/c1-5-15-29(16-6-1)38-39(30-17-7-2-8-18-30)41-43(40(38)31-19-9-3-10-20-31)33-27-25-32(26-28-33)42-36-23-12-4-11-21-34(36)35-22-13-14-24-37(35)42/h1-3,5-10,13-20,22,24-28H,4,11-12,21,23H2. The highest BCUT2D eigenvalue weighted by molar-refractivity contribution is 5.92. The van der Waals surface area contributed by atoms with Crippen molar-refractivity contribution >= 4 is 10.9 Å². The fourth-order valence-electron chi connectivity index (χ4n) is 6.85. The summed E-state index contributed by atoms with van der Waals surface area (Å²) in [6.07, 6.45) is 6.12. The van der Waals surface area contributed by atoms with Gasteiger partial charge in [-0.3, -0.25) is 0 Å². The first kappa shape index (κ1) is 25.6. The van der Waals surface area contributed by atoms with E-state index in [1.165, 1.54) is 53.5 Å². The second-order valence-electron chi connectivity index (χ2n) is 11.4. The van der Waals surface area contributed by atoms with Gasteiger partial charge in [0.1, 0.15) is 5.69 Å². The van der Waals surface area contributed by atoms with E-state index in [2.05, 4.69) is 149 Å². The minimum Gasteiger partial charge on any atom is -0.313 e. The Balaban J connectivity index is 1.33. The largest absolute Gasteiger partial charge is 0.313 e. The van der Waals surface area contributed by atoms with Gasteiger partial charge in [0.05, 0.1) is 16.9 Å². The maximum atomic E-state index is 5.34. The summed E-state index contributed by atoms with van der Waals surface area (Å²) in [5.74, 6) is 0. The Labute approximate surface area is 252 Å². The lowest BCUT2D eigenvalue weighted by atomic mass is 9.96. The average molecular weight is 556 g/mol. The van der Waals surface area contributed by atoms with Crippen molar-refractivity contribution in [3.63, 3.8) is 0 Å². The van der Waals surface area contributed by atoms with Crippen LogP contribution in [0.3, 0.4) is 0 Å². The molecule has 43 heavy (non-hydrogen) atoms. The summed E-state index contributed by atoms with van der Waals surface area (Å²) < 4.78 is 4.64. The summed E-state index contributed by atoms with van der Waals surface area (Å²) in [5, 5.41) is 6.74. The fraction of sp³-hybridized carbons (Fsp3) is 0.125. The lowest BCUT2D eigenvalue weighted by Gasteiger charge is -2.14. The van der Waals surface area contributed by atoms with Crippen molar-refractivity contribution in [1.29, 1.82) is 0 Å². The number of aryl methyl sites for hydroxylation is 1. The van der Waals surface area contributed by atoms with Gasteiger partial charge >= 0.3 is 0 Å². The minimum atomic E-state index is 0.983. The van der Waals surface area contributed by atoms with Crippen LogP contribution < -0.4 is 0 Å². The molecule has 2 heterocycles. The molecule has 5 aromatic carbocycles. The van der Waals surface area contributed by atoms with Crippen LogP contribution >= 0.6 is 0 Å². The molecule has 7 aromatic rings. The zero-order chi connectivity index (χ0) is 28.6. The van der Waals surface area contributed by atoms with Gasteiger partial charge in [-0.1, -0.05) is 116 Å². The van der Waals surface area contributed by atoms with Crippen LogP contribution in [0.1, 0.15) is 30.5 Å². The van der Waals surface area contributed by atoms with Gasteiger partial charge < -0.3 is 4.57 Å². The monoisotopic (exact) mass is 555 g/mol. The highest BCUT2D eigenvalue weighted by Crippen LogP contribution is 2.41. The number of fused-ring (bicyclic) bond motifs is 3. The van der Waals surface area contributed by atoms with E-state index in [-0.39, 0.29) is 0 Å². The molecule has 8 rings (SSSR count). The van der Waals surface area contributed by atoms with Crippen molar-refractivity contribution < 1.29 is 0 Å². The van der Waals surface area contributed by atoms with Crippen LogP contribution in [0, 0.1) is 0 Å². The Morgan fingerprint density at radius 3 is 1.79 bits per heavy atom. The van der Waals surface area contributed by atoms with Gasteiger partial charge in [-0.05, 0) is 67.1 Å². The number of benzene rings is 5. The van der Waals surface area contributed by atoms with Gasteiger partial charge in [0.25, 0.3) is 0 Å². The summed E-state index contributed by atoms with van der Waals surface area (Å²) in [7, 11) is 0. The summed E-state index contributed by atoms with van der Waals surface area (Å²) in [6, 6.07) is 49.8. The predicted molar refractivity (Wildman–Crippen MR) is 178 cm³/mol. The van der Waals surface area contributed by atoms with Crippen molar-refractivity contribution in [1.82, 2.24) is 14.3 Å². The van der Waals surface area contributed by atoms with E-state index in [0.29, 0.717) is 0 Å². The molecule has 3 heteroatoms. The molecule has 0 unspecified atom stereocenters. The molecule has 0 N–H and O–H groups in total. The molecule has 0 saturated heterocycles. The lowest BCUT2D eigenvalue weighted by Crippen LogP contribution is -2.03. The highest BCUT2D eigenvalue weighted by Gasteiger charge is 2.24. The van der Waals surface area contributed by atoms with E-state index >= 15 is 0 Å². The smallest absolute Gasteiger partial charge is 0.101 e. The summed E-state index contributed by atoms with van der Waals surface area (Å²) >= 11 is 0. The number of aromatic nitrogens is 3. The molecule has 1 aliphatic rings. The first-order chi connectivity index (χ1) is 21.4. The van der Waals surface area contributed by atoms with E-state index in [9.17, 15) is 0 Å². The zero-order valence-electron chi connectivity index (χ0n) is 24.2. The number of nitrogens with zero attached hydrogens (tertiary/aromatic N) is 3. The van der Waals surface area contributed by atoms with Crippen molar-refractivity contribution in [2.45, 2.75) is 32.1 Å². The molecule has 0 atom stereocenters. The molecule has 0 saturated carbocycles. The Kier molecular flexibility index (Phi) is 6.49. The molecule has 1 aliphatic carbocycles. The van der Waals surface area contributed by atoms with E-state index < -0.39 is 0 Å². The van der Waals surface area contributed by atoms with Gasteiger partial charge in [-0.25, -0.2) is 4.68 Å². The minimum absolute atomic E-state index is 0.983. The maximum Gasteiger partial charge on any atom is 0.101 e. The molecule has 0 fully saturated rings. The summed E-state index contributed by atoms with van der Waals surface area (Å²) in [4.78, 5) is 0. The van der Waals surface area contributed by atoms with E-state index in [4.69, 9.17) is 5.10 Å². The molecule has 0 radical (unpaired) electrons. The van der Waals surface area contributed by atoms with Crippen molar-refractivity contribution in [2.75, 3.05) is 0 Å². The fourth-order valence-corrected chi connectivity index (χ4v) is 6.85. The van der Waals surface area contributed by atoms with Crippen molar-refractivity contribution in [3.8, 4) is 45.0 Å². The molecule has 0 spiro atoms. The third kappa shape index (κ3) is 4.49. The highest BCUT2D eigenvalue weighted by atomic mass is 15.3. The summed E-state index contributed by atoms with van der Waals surface area (Å²) in [5.41, 5.74) is 13.2. The van der Waals surface area contributed by atoms with Crippen molar-refractivity contribution in [3.05, 3.63) is 151 Å². The van der Waals surface area contributed by atoms with Crippen LogP contribution in [0.5, 0.6) is 0 Å². The Morgan fingerprint density at radius 2 is 1.07 bits per heavy atom. The number of hydrogen-bond donors (Lipinski definition) is 0. The Bertz CT molecular complexity index is 2020. The molecular weight excluding hydrogens is 522 g/mol. The van der Waals surface area contributed by atoms with Gasteiger partial charge in [0, 0.05) is 33.5 Å². The van der Waals surface area contributed by atoms with Gasteiger partial charge in [-0.2, -0.15) is 5.10 Å². The Hall–Kier alpha value is -5.15. The SMILES string of the molecule is c1ccc(-c2nn(-c3ccc(-n4c5c(c6ccccc64)CCCCC5)cc3)c(-c3ccccc3)c2-c2ccccc2)cc1. The first-order valence-electron chi connectivity index (χ1n) is 15.4. The second-order valence-corrected chi connectivity index (χ2v) is 11.4. The number of hydrogen-bond acceptors (Lipinski definition) is 1. The molecule has 0 aliphatic heterocycles. The van der Waals surface area contributed by atoms with E-state index in [1.807, 2.05) is 0 Å². The molecule has 0 bridgehead atoms. The van der Waals surface area contributed by atoms with Gasteiger partial charge in [-0.15, -0.1) is 0 Å². The molecule has 2 aromatic heterocycles. The van der Waals surface area contributed by atoms with Crippen LogP contribution in [0.4, 0.5) is 0 Å². The maximum absolute atomic E-state index is 5.34. The van der Waals surface area contributed by atoms with Crippen LogP contribution in [0.25, 0.3) is 55.9 Å². The van der Waals surface area contributed by atoms with E-state index in [1.54, 1.807) is 0 Å². The predicted octanol–water partition coefficient (Wildman–Crippen LogP) is 10.1. The van der Waals surface area contributed by atoms with Crippen LogP contribution in [0.2, 0.25) is 0 Å². The van der Waals surface area contributed by atoms with E-state index in [0.717, 1.165) is 45.7 Å². The van der Waals surface area contributed by atoms with Crippen molar-refractivity contribution in [2.24, 2.45) is 0 Å². The Morgan fingerprint density at radius 1 is 0.488 bits per heavy atom. The normalized spacial score (nSPS) is 13.1. The van der Waals surface area contributed by atoms with Crippen LogP contribution in [-0.4, -0.2) is 14.3 Å². The van der Waals surface area contributed by atoms with Crippen LogP contribution in [-0.2, 0) is 12.8 Å². The second kappa shape index (κ2) is 10.9. The summed E-state index contributed by atoms with van der Waals surface area (Å²) in [6.45, 7) is 0. The molecule has 0 amide bonds. The third-order valence-corrected chi connectivity index (χ3v) is 8.82. The molecule has 208 valence electrons. The number of rotatable bonds is 5. The third-order valence-electron chi connectivity index (χ3n) is 8.82. The molecular formula is C40H33N3. The molecule has 3 nitrogen and oxygen atoms in total.